The molecule has 1 aliphatic heterocycles. The summed E-state index contributed by atoms with van der Waals surface area (Å²) < 4.78 is 1.84. The molecule has 1 N–H and O–H groups in total. The van der Waals surface area contributed by atoms with E-state index in [0.29, 0.717) is 0 Å². The number of carbonyl (C=O) groups excluding carboxylic acids is 1. The zero-order valence-corrected chi connectivity index (χ0v) is 14.0. The van der Waals surface area contributed by atoms with E-state index in [2.05, 4.69) is 27.3 Å². The highest BCUT2D eigenvalue weighted by Gasteiger charge is 2.29. The van der Waals surface area contributed by atoms with Crippen molar-refractivity contribution in [1.29, 1.82) is 0 Å². The van der Waals surface area contributed by atoms with Gasteiger partial charge in [-0.25, -0.2) is 4.98 Å². The topological polar surface area (TPSA) is 50.2 Å². The highest BCUT2D eigenvalue weighted by atomic mass is 16.2. The largest absolute Gasteiger partial charge is 0.372 e. The lowest BCUT2D eigenvalue weighted by Gasteiger charge is -2.25. The van der Waals surface area contributed by atoms with Crippen molar-refractivity contribution >= 4 is 17.3 Å². The number of nitrogens with zero attached hydrogens (tertiary/aromatic N) is 3. The lowest BCUT2D eigenvalue weighted by molar-refractivity contribution is -0.123. The second-order valence-electron chi connectivity index (χ2n) is 6.68. The number of nitrogens with one attached hydrogen (secondary N) is 1. The van der Waals surface area contributed by atoms with Gasteiger partial charge in [0.15, 0.2) is 0 Å². The SMILES string of the molecule is Cc1cn(C(C)(C)C(=O)Nc2ccc(N3CCCC3)cc2)cn1. The normalized spacial score (nSPS) is 15.0. The number of aromatic nitrogens is 2. The molecule has 0 bridgehead atoms. The Hall–Kier alpha value is -2.30. The summed E-state index contributed by atoms with van der Waals surface area (Å²) in [5.74, 6) is -0.0520. The van der Waals surface area contributed by atoms with Gasteiger partial charge in [-0.15, -0.1) is 0 Å². The first-order chi connectivity index (χ1) is 11.0. The standard InChI is InChI=1S/C18H24N4O/c1-14-12-22(13-19-14)18(2,3)17(23)20-15-6-8-16(9-7-15)21-10-4-5-11-21/h6-9,12-13H,4-5,10-11H2,1-3H3,(H,20,23). The van der Waals surface area contributed by atoms with Crippen LogP contribution in [0.5, 0.6) is 0 Å². The number of anilines is 2. The molecule has 23 heavy (non-hydrogen) atoms. The molecule has 0 atom stereocenters. The van der Waals surface area contributed by atoms with Crippen LogP contribution in [0.4, 0.5) is 11.4 Å². The maximum atomic E-state index is 12.6. The molecule has 2 aromatic rings. The Morgan fingerprint density at radius 1 is 1.17 bits per heavy atom. The maximum Gasteiger partial charge on any atom is 0.250 e. The van der Waals surface area contributed by atoms with E-state index in [4.69, 9.17) is 0 Å². The monoisotopic (exact) mass is 312 g/mol. The van der Waals surface area contributed by atoms with E-state index in [-0.39, 0.29) is 5.91 Å². The van der Waals surface area contributed by atoms with Gasteiger partial charge in [0.25, 0.3) is 0 Å². The van der Waals surface area contributed by atoms with Gasteiger partial charge in [-0.3, -0.25) is 4.79 Å². The predicted octanol–water partition coefficient (Wildman–Crippen LogP) is 3.17. The third-order valence-corrected chi connectivity index (χ3v) is 4.51. The summed E-state index contributed by atoms with van der Waals surface area (Å²) in [4.78, 5) is 19.2. The van der Waals surface area contributed by atoms with Crippen molar-refractivity contribution in [2.24, 2.45) is 0 Å². The minimum absolute atomic E-state index is 0.0520. The van der Waals surface area contributed by atoms with E-state index >= 15 is 0 Å². The summed E-state index contributed by atoms with van der Waals surface area (Å²) in [5, 5.41) is 3.00. The highest BCUT2D eigenvalue weighted by molar-refractivity contribution is 5.96. The summed E-state index contributed by atoms with van der Waals surface area (Å²) in [6.45, 7) is 7.95. The Labute approximate surface area is 137 Å². The molecular formula is C18H24N4O. The first-order valence-corrected chi connectivity index (χ1v) is 8.14. The van der Waals surface area contributed by atoms with Crippen molar-refractivity contribution in [2.45, 2.75) is 39.2 Å². The van der Waals surface area contributed by atoms with Crippen LogP contribution in [0.15, 0.2) is 36.8 Å². The minimum Gasteiger partial charge on any atom is -0.372 e. The number of hydrogen-bond acceptors (Lipinski definition) is 3. The zero-order valence-electron chi connectivity index (χ0n) is 14.0. The van der Waals surface area contributed by atoms with Crippen LogP contribution < -0.4 is 10.2 Å². The summed E-state index contributed by atoms with van der Waals surface area (Å²) in [6, 6.07) is 8.10. The van der Waals surface area contributed by atoms with Gasteiger partial charge in [0, 0.05) is 30.7 Å². The van der Waals surface area contributed by atoms with Crippen LogP contribution in [0.25, 0.3) is 0 Å². The Bertz CT molecular complexity index is 681. The number of carbonyl (C=O) groups is 1. The Balaban J connectivity index is 1.69. The average Bonchev–Trinajstić information content (AvgIpc) is 3.19. The molecule has 0 unspecified atom stereocenters. The van der Waals surface area contributed by atoms with E-state index in [9.17, 15) is 4.79 Å². The predicted molar refractivity (Wildman–Crippen MR) is 92.8 cm³/mol. The summed E-state index contributed by atoms with van der Waals surface area (Å²) >= 11 is 0. The number of aryl methyl sites for hydroxylation is 1. The molecule has 0 saturated carbocycles. The molecule has 1 amide bonds. The number of imidazole rings is 1. The first-order valence-electron chi connectivity index (χ1n) is 8.14. The molecule has 1 saturated heterocycles. The van der Waals surface area contributed by atoms with Gasteiger partial charge in [0.05, 0.1) is 12.0 Å². The molecule has 5 nitrogen and oxygen atoms in total. The van der Waals surface area contributed by atoms with E-state index in [1.165, 1.54) is 18.5 Å². The van der Waals surface area contributed by atoms with Crippen LogP contribution in [0.1, 0.15) is 32.4 Å². The number of amides is 1. The molecule has 5 heteroatoms. The molecule has 1 fully saturated rings. The molecular weight excluding hydrogens is 288 g/mol. The van der Waals surface area contributed by atoms with Gasteiger partial charge in [-0.2, -0.15) is 0 Å². The van der Waals surface area contributed by atoms with Crippen molar-refractivity contribution in [2.75, 3.05) is 23.3 Å². The average molecular weight is 312 g/mol. The van der Waals surface area contributed by atoms with E-state index in [0.717, 1.165) is 24.5 Å². The van der Waals surface area contributed by atoms with Gasteiger partial charge in [0.1, 0.15) is 5.54 Å². The quantitative estimate of drug-likeness (QED) is 0.943. The van der Waals surface area contributed by atoms with Crippen LogP contribution in [0.2, 0.25) is 0 Å². The molecule has 0 aliphatic carbocycles. The number of rotatable bonds is 4. The molecule has 0 radical (unpaired) electrons. The van der Waals surface area contributed by atoms with Crippen LogP contribution in [-0.4, -0.2) is 28.5 Å². The van der Waals surface area contributed by atoms with Crippen LogP contribution >= 0.6 is 0 Å². The molecule has 1 aliphatic rings. The van der Waals surface area contributed by atoms with Gasteiger partial charge >= 0.3 is 0 Å². The Morgan fingerprint density at radius 2 is 1.83 bits per heavy atom. The lowest BCUT2D eigenvalue weighted by atomic mass is 10.0. The van der Waals surface area contributed by atoms with Crippen LogP contribution in [0, 0.1) is 6.92 Å². The summed E-state index contributed by atoms with van der Waals surface area (Å²) in [7, 11) is 0. The first kappa shape index (κ1) is 15.6. The fourth-order valence-corrected chi connectivity index (χ4v) is 2.86. The minimum atomic E-state index is -0.686. The second kappa shape index (κ2) is 6.07. The number of benzene rings is 1. The third kappa shape index (κ3) is 3.23. The van der Waals surface area contributed by atoms with Crippen molar-refractivity contribution in [1.82, 2.24) is 9.55 Å². The highest BCUT2D eigenvalue weighted by Crippen LogP contribution is 2.23. The van der Waals surface area contributed by atoms with Gasteiger partial charge in [-0.1, -0.05) is 0 Å². The fraction of sp³-hybridized carbons (Fsp3) is 0.444. The van der Waals surface area contributed by atoms with Crippen molar-refractivity contribution in [3.63, 3.8) is 0 Å². The molecule has 1 aromatic carbocycles. The van der Waals surface area contributed by atoms with Gasteiger partial charge in [0.2, 0.25) is 5.91 Å². The maximum absolute atomic E-state index is 12.6. The van der Waals surface area contributed by atoms with E-state index in [1.807, 2.05) is 43.7 Å². The molecule has 2 heterocycles. The molecule has 1 aromatic heterocycles. The summed E-state index contributed by atoms with van der Waals surface area (Å²) in [6.07, 6.45) is 6.11. The van der Waals surface area contributed by atoms with Crippen LogP contribution in [-0.2, 0) is 10.3 Å². The van der Waals surface area contributed by atoms with Crippen LogP contribution in [0.3, 0.4) is 0 Å². The van der Waals surface area contributed by atoms with Crippen molar-refractivity contribution in [3.05, 3.63) is 42.5 Å². The second-order valence-corrected chi connectivity index (χ2v) is 6.68. The molecule has 0 spiro atoms. The zero-order chi connectivity index (χ0) is 16.4. The Kier molecular flexibility index (Phi) is 4.11. The molecule has 122 valence electrons. The number of hydrogen-bond donors (Lipinski definition) is 1. The van der Waals surface area contributed by atoms with E-state index in [1.54, 1.807) is 6.33 Å². The Morgan fingerprint density at radius 3 is 2.39 bits per heavy atom. The van der Waals surface area contributed by atoms with Crippen molar-refractivity contribution in [3.8, 4) is 0 Å². The van der Waals surface area contributed by atoms with E-state index < -0.39 is 5.54 Å². The van der Waals surface area contributed by atoms with Gasteiger partial charge < -0.3 is 14.8 Å². The molecule has 3 rings (SSSR count). The fourth-order valence-electron chi connectivity index (χ4n) is 2.86. The smallest absolute Gasteiger partial charge is 0.250 e. The van der Waals surface area contributed by atoms with Crippen molar-refractivity contribution < 1.29 is 4.79 Å². The summed E-state index contributed by atoms with van der Waals surface area (Å²) in [5.41, 5.74) is 2.27. The van der Waals surface area contributed by atoms with Gasteiger partial charge in [-0.05, 0) is 57.9 Å². The lowest BCUT2D eigenvalue weighted by Crippen LogP contribution is -2.39. The third-order valence-electron chi connectivity index (χ3n) is 4.51.